The Morgan fingerprint density at radius 3 is 1.89 bits per heavy atom. The largest absolute Gasteiger partial charge is 0.480 e. The van der Waals surface area contributed by atoms with E-state index < -0.39 is 120 Å². The number of benzene rings is 1. The number of rotatable bonds is 17. The van der Waals surface area contributed by atoms with Gasteiger partial charge < -0.3 is 75.1 Å². The Bertz CT molecular complexity index is 2210. The quantitative estimate of drug-likeness (QED) is 0.0265. The molecule has 25 heteroatoms. The van der Waals surface area contributed by atoms with E-state index in [0.717, 1.165) is 5.56 Å². The van der Waals surface area contributed by atoms with Gasteiger partial charge in [0.15, 0.2) is 11.9 Å². The second kappa shape index (κ2) is 30.7. The molecule has 1 saturated heterocycles. The summed E-state index contributed by atoms with van der Waals surface area (Å²) >= 11 is 0. The number of nitrogens with one attached hydrogen (secondary N) is 7. The van der Waals surface area contributed by atoms with Gasteiger partial charge in [-0.2, -0.15) is 0 Å². The fraction of sp³-hybridized carbons (Fsp3) is 0.511. The van der Waals surface area contributed by atoms with Crippen LogP contribution in [0.25, 0.3) is 0 Å². The second-order valence-electron chi connectivity index (χ2n) is 17.3. The molecule has 1 aromatic rings. The molecule has 0 aliphatic carbocycles. The Kier molecular flexibility index (Phi) is 25.7. The van der Waals surface area contributed by atoms with E-state index in [1.807, 2.05) is 43.3 Å². The number of carboxylic acid groups (broad SMARTS) is 2. The zero-order valence-corrected chi connectivity index (χ0v) is 41.3. The van der Waals surface area contributed by atoms with Gasteiger partial charge in [-0.3, -0.25) is 43.5 Å². The average molecular weight is 1010 g/mol. The van der Waals surface area contributed by atoms with Crippen LogP contribution in [0.4, 0.5) is 0 Å². The van der Waals surface area contributed by atoms with Crippen molar-refractivity contribution in [2.24, 2.45) is 44.8 Å². The Labute approximate surface area is 417 Å². The molecule has 1 aliphatic heterocycles. The van der Waals surface area contributed by atoms with Gasteiger partial charge in [-0.15, -0.1) is 0 Å². The molecule has 0 spiro atoms. The minimum atomic E-state index is -1.91. The molecule has 1 heterocycles. The van der Waals surface area contributed by atoms with Crippen LogP contribution in [0.1, 0.15) is 78.2 Å². The predicted octanol–water partition coefficient (Wildman–Crippen LogP) is -1.96. The van der Waals surface area contributed by atoms with Crippen molar-refractivity contribution in [3.63, 3.8) is 0 Å². The van der Waals surface area contributed by atoms with Crippen molar-refractivity contribution in [1.82, 2.24) is 37.2 Å². The zero-order chi connectivity index (χ0) is 54.1. The minimum Gasteiger partial charge on any atom is -0.480 e. The van der Waals surface area contributed by atoms with Crippen LogP contribution >= 0.6 is 0 Å². The fourth-order valence-corrected chi connectivity index (χ4v) is 7.16. The van der Waals surface area contributed by atoms with Gasteiger partial charge in [0.05, 0.1) is 30.2 Å². The summed E-state index contributed by atoms with van der Waals surface area (Å²) in [6.07, 6.45) is 3.46. The summed E-state index contributed by atoms with van der Waals surface area (Å²) in [5.41, 5.74) is 23.0. The maximum Gasteiger partial charge on any atom is 0.326 e. The molecule has 0 aromatic heterocycles. The molecule has 0 bridgehead atoms. The molecule has 0 unspecified atom stereocenters. The number of hydrogen-bond donors (Lipinski definition) is 13. The number of aliphatic carboxylic acids is 2. The summed E-state index contributed by atoms with van der Waals surface area (Å²) < 4.78 is 5.80. The molecule has 1 fully saturated rings. The molecule has 0 saturated carbocycles. The summed E-state index contributed by atoms with van der Waals surface area (Å²) in [7, 11) is 1.60. The van der Waals surface area contributed by atoms with E-state index in [9.17, 15) is 53.4 Å². The van der Waals surface area contributed by atoms with Crippen molar-refractivity contribution < 1.29 is 58.1 Å². The number of hydrogen-bond acceptors (Lipinski definition) is 12. The first kappa shape index (κ1) is 60.3. The molecular formula is C47H71N13O12. The molecule has 2 rings (SSSR count). The second-order valence-corrected chi connectivity index (χ2v) is 17.3. The fourth-order valence-electron chi connectivity index (χ4n) is 7.16. The molecule has 7 amide bonds. The van der Waals surface area contributed by atoms with E-state index in [1.54, 1.807) is 20.1 Å². The molecular weight excluding hydrogens is 939 g/mol. The van der Waals surface area contributed by atoms with E-state index in [2.05, 4.69) is 53.8 Å². The highest BCUT2D eigenvalue weighted by Crippen LogP contribution is 2.18. The number of ether oxygens (including phenoxy) is 1. The number of carbonyl (C=O) groups excluding carboxylic acids is 7. The van der Waals surface area contributed by atoms with Gasteiger partial charge in [0.2, 0.25) is 35.4 Å². The van der Waals surface area contributed by atoms with E-state index in [1.165, 1.54) is 19.9 Å². The molecule has 25 nitrogen and oxygen atoms in total. The normalized spacial score (nSPS) is 23.7. The average Bonchev–Trinajstić information content (AvgIpc) is 3.31. The van der Waals surface area contributed by atoms with Crippen molar-refractivity contribution in [2.75, 3.05) is 20.2 Å². The third-order valence-corrected chi connectivity index (χ3v) is 11.3. The van der Waals surface area contributed by atoms with Gasteiger partial charge in [-0.05, 0) is 57.9 Å². The first-order valence-corrected chi connectivity index (χ1v) is 23.2. The van der Waals surface area contributed by atoms with E-state index in [0.29, 0.717) is 12.0 Å². The zero-order valence-electron chi connectivity index (χ0n) is 41.3. The van der Waals surface area contributed by atoms with Crippen LogP contribution in [-0.4, -0.2) is 138 Å². The van der Waals surface area contributed by atoms with Crippen molar-refractivity contribution in [3.8, 4) is 0 Å². The van der Waals surface area contributed by atoms with Crippen LogP contribution < -0.4 is 60.2 Å². The van der Waals surface area contributed by atoms with Gasteiger partial charge in [0.1, 0.15) is 30.2 Å². The summed E-state index contributed by atoms with van der Waals surface area (Å²) in [4.78, 5) is 127. The number of allylic oxidation sites excluding steroid dienone is 2. The topological polar surface area (TPSA) is 416 Å². The molecule has 0 radical (unpaired) electrons. The number of carbonyl (C=O) groups is 9. The minimum absolute atomic E-state index is 0.00241. The highest BCUT2D eigenvalue weighted by atomic mass is 16.5. The number of amides is 7. The summed E-state index contributed by atoms with van der Waals surface area (Å²) in [6, 6.07) is 0.699. The summed E-state index contributed by atoms with van der Waals surface area (Å²) in [5.74, 6) is -11.6. The number of guanidine groups is 2. The maximum atomic E-state index is 14.3. The van der Waals surface area contributed by atoms with Gasteiger partial charge in [-0.1, -0.05) is 74.6 Å². The Morgan fingerprint density at radius 2 is 1.33 bits per heavy atom. The van der Waals surface area contributed by atoms with Crippen LogP contribution in [0.2, 0.25) is 0 Å². The number of methoxy groups -OCH3 is 1. The smallest absolute Gasteiger partial charge is 0.326 e. The predicted molar refractivity (Wildman–Crippen MR) is 266 cm³/mol. The molecule has 1 aromatic carbocycles. The third kappa shape index (κ3) is 22.3. The van der Waals surface area contributed by atoms with Crippen molar-refractivity contribution in [1.29, 1.82) is 0 Å². The number of nitrogens with zero attached hydrogens (tertiary/aromatic N) is 2. The maximum absolute atomic E-state index is 14.3. The van der Waals surface area contributed by atoms with Crippen molar-refractivity contribution >= 4 is 65.2 Å². The summed E-state index contributed by atoms with van der Waals surface area (Å²) in [6.45, 7) is 9.91. The van der Waals surface area contributed by atoms with E-state index in [4.69, 9.17) is 27.7 Å². The highest BCUT2D eigenvalue weighted by molar-refractivity contribution is 6.00. The molecule has 72 heavy (non-hydrogen) atoms. The van der Waals surface area contributed by atoms with Gasteiger partial charge in [0.25, 0.3) is 5.91 Å². The first-order chi connectivity index (χ1) is 33.9. The third-order valence-electron chi connectivity index (χ3n) is 11.3. The summed E-state index contributed by atoms with van der Waals surface area (Å²) in [5, 5.41) is 37.1. The molecule has 1 aliphatic rings. The van der Waals surface area contributed by atoms with Crippen LogP contribution in [0.3, 0.4) is 0 Å². The van der Waals surface area contributed by atoms with Gasteiger partial charge in [0, 0.05) is 32.5 Å². The number of carboxylic acids is 2. The Hall–Kier alpha value is -7.83. The Morgan fingerprint density at radius 1 is 0.778 bits per heavy atom. The molecule has 396 valence electrons. The lowest BCUT2D eigenvalue weighted by Gasteiger charge is -2.27. The number of nitrogens with two attached hydrogens (primary N) is 4. The van der Waals surface area contributed by atoms with Crippen LogP contribution in [0.5, 0.6) is 0 Å². The van der Waals surface area contributed by atoms with Crippen LogP contribution in [0, 0.1) is 11.8 Å². The van der Waals surface area contributed by atoms with E-state index >= 15 is 0 Å². The van der Waals surface area contributed by atoms with Gasteiger partial charge in [-0.25, -0.2) is 9.59 Å². The Balaban J connectivity index is 2.67. The molecule has 17 N–H and O–H groups in total. The van der Waals surface area contributed by atoms with E-state index in [-0.39, 0.29) is 62.7 Å². The number of aliphatic imine (C=N–C) groups is 2. The van der Waals surface area contributed by atoms with Crippen molar-refractivity contribution in [3.05, 3.63) is 72.0 Å². The SMILES string of the molecule is C=C1NC(=O)CC[C@H](C(=O)O)NC(=O)[C@@H](C)[C@H](/C=C/C(C)=C/[C@H](C)[C@H](Cc2ccccc2)OC)NC(=O)[C@H](CCCN=C(N)N)NC(=O)C[C@H](C(=O)O)NC(=O)[C@H](CCCN=C(N)N)NC(=O)[C@@H](C)NC1=O. The van der Waals surface area contributed by atoms with Crippen molar-refractivity contribution in [2.45, 2.75) is 121 Å². The first-order valence-electron chi connectivity index (χ1n) is 23.2. The lowest BCUT2D eigenvalue weighted by Crippen LogP contribution is -2.56. The van der Waals surface area contributed by atoms with Crippen LogP contribution in [-0.2, 0) is 54.3 Å². The molecule has 9 atom stereocenters. The standard InChI is InChI=1S/C47H71N13O12/c1-25(22-26(2)36(72-6)23-30-12-8-7-9-13-30)16-17-31-27(3)39(63)59-34(44(68)69)18-19-37(61)54-28(4)40(64)55-29(5)41(65)58-33(15-11-21-53-47(50)51)43(67)60-35(45(70)71)24-38(62)56-32(42(66)57-31)14-10-20-52-46(48)49/h7-9,12-13,16-17,22,26-27,29,31-36H,4,10-11,14-15,18-21,23-24H2,1-3,5-6H3,(H,54,61)(H,55,64)(H,56,62)(H,57,66)(H,58,65)(H,59,63)(H,60,67)(H,68,69)(H,70,71)(H4,48,49,52)(H4,50,51,53)/b17-16+,25-22+/t26-,27-,29+,31-,32-,33-,34+,35+,36-/m0/s1. The monoisotopic (exact) mass is 1010 g/mol. The van der Waals surface area contributed by atoms with Gasteiger partial charge >= 0.3 is 11.9 Å². The lowest BCUT2D eigenvalue weighted by molar-refractivity contribution is -0.144. The van der Waals surface area contributed by atoms with Crippen LogP contribution in [0.15, 0.2) is 76.4 Å². The lowest BCUT2D eigenvalue weighted by atomic mass is 9.94. The highest BCUT2D eigenvalue weighted by Gasteiger charge is 2.34.